The van der Waals surface area contributed by atoms with Crippen LogP contribution in [0.2, 0.25) is 0 Å². The second-order valence-corrected chi connectivity index (χ2v) is 7.09. The van der Waals surface area contributed by atoms with Crippen LogP contribution in [0.3, 0.4) is 0 Å². The molecule has 23 heavy (non-hydrogen) atoms. The highest BCUT2D eigenvalue weighted by Gasteiger charge is 2.14. The Kier molecular flexibility index (Phi) is 6.19. The Morgan fingerprint density at radius 2 is 2.04 bits per heavy atom. The first-order valence-electron chi connectivity index (χ1n) is 8.57. The maximum Gasteiger partial charge on any atom is 0.267 e. The maximum atomic E-state index is 5.38. The predicted molar refractivity (Wildman–Crippen MR) is 91.6 cm³/mol. The first kappa shape index (κ1) is 16.6. The van der Waals surface area contributed by atoms with Crippen LogP contribution in [0.1, 0.15) is 43.3 Å². The molecule has 3 heterocycles. The molecule has 0 aliphatic carbocycles. The van der Waals surface area contributed by atoms with Crippen LogP contribution in [0.4, 0.5) is 0 Å². The van der Waals surface area contributed by atoms with Crippen molar-refractivity contribution in [2.45, 2.75) is 45.6 Å². The Bertz CT molecular complexity index is 588. The highest BCUT2D eigenvalue weighted by Crippen LogP contribution is 2.28. The Morgan fingerprint density at radius 3 is 2.83 bits per heavy atom. The monoisotopic (exact) mass is 335 g/mol. The average molecular weight is 335 g/mol. The molecule has 0 spiro atoms. The minimum atomic E-state index is 0.628. The van der Waals surface area contributed by atoms with E-state index < -0.39 is 0 Å². The lowest BCUT2D eigenvalue weighted by Crippen LogP contribution is -2.23. The second-order valence-electron chi connectivity index (χ2n) is 5.92. The number of thiophene rings is 1. The lowest BCUT2D eigenvalue weighted by molar-refractivity contribution is 0.149. The van der Waals surface area contributed by atoms with Gasteiger partial charge in [0, 0.05) is 24.4 Å². The van der Waals surface area contributed by atoms with Crippen molar-refractivity contribution in [3.05, 3.63) is 22.8 Å². The zero-order valence-electron chi connectivity index (χ0n) is 13.8. The number of likely N-dealkylation sites (tertiary alicyclic amines) is 1. The van der Waals surface area contributed by atoms with E-state index in [2.05, 4.69) is 27.2 Å². The molecule has 0 bridgehead atoms. The van der Waals surface area contributed by atoms with Crippen molar-refractivity contribution in [3.63, 3.8) is 0 Å². The molecular formula is C17H25N3O2S. The Labute approximate surface area is 141 Å². The largest absolute Gasteiger partial charge is 0.381 e. The molecule has 0 aromatic carbocycles. The van der Waals surface area contributed by atoms with Gasteiger partial charge in [0.2, 0.25) is 0 Å². The van der Waals surface area contributed by atoms with Crippen LogP contribution in [-0.4, -0.2) is 41.3 Å². The summed E-state index contributed by atoms with van der Waals surface area (Å²) in [5.41, 5.74) is 0. The summed E-state index contributed by atoms with van der Waals surface area (Å²) < 4.78 is 10.7. The zero-order valence-corrected chi connectivity index (χ0v) is 14.6. The molecule has 0 amide bonds. The van der Waals surface area contributed by atoms with Gasteiger partial charge in [-0.25, -0.2) is 0 Å². The average Bonchev–Trinajstić information content (AvgIpc) is 3.13. The van der Waals surface area contributed by atoms with Gasteiger partial charge in [0.1, 0.15) is 0 Å². The molecule has 126 valence electrons. The molecular weight excluding hydrogens is 310 g/mol. The number of rotatable bonds is 7. The summed E-state index contributed by atoms with van der Waals surface area (Å²) in [5.74, 6) is 1.35. The Hall–Kier alpha value is -1.24. The minimum absolute atomic E-state index is 0.628. The lowest BCUT2D eigenvalue weighted by atomic mass is 10.2. The van der Waals surface area contributed by atoms with E-state index in [9.17, 15) is 0 Å². The molecule has 1 fully saturated rings. The Morgan fingerprint density at radius 1 is 1.22 bits per heavy atom. The standard InChI is InChI=1S/C17H25N3O2S/c1-2-21-12-9-16-18-17(22-19-16)15-8-7-14(23-15)13-20-10-5-3-4-6-11-20/h7-8H,2-6,9-13H2,1H3. The first-order valence-corrected chi connectivity index (χ1v) is 9.38. The van der Waals surface area contributed by atoms with Crippen molar-refractivity contribution in [2.24, 2.45) is 0 Å². The van der Waals surface area contributed by atoms with Crippen LogP contribution >= 0.6 is 11.3 Å². The predicted octanol–water partition coefficient (Wildman–Crippen LogP) is 3.75. The zero-order chi connectivity index (χ0) is 15.9. The van der Waals surface area contributed by atoms with Gasteiger partial charge in [-0.2, -0.15) is 4.98 Å². The molecule has 2 aromatic heterocycles. The molecule has 3 rings (SSSR count). The van der Waals surface area contributed by atoms with Gasteiger partial charge in [-0.1, -0.05) is 18.0 Å². The lowest BCUT2D eigenvalue weighted by Gasteiger charge is -2.18. The summed E-state index contributed by atoms with van der Waals surface area (Å²) in [7, 11) is 0. The van der Waals surface area contributed by atoms with Crippen molar-refractivity contribution >= 4 is 11.3 Å². The van der Waals surface area contributed by atoms with Gasteiger partial charge in [0.15, 0.2) is 5.82 Å². The summed E-state index contributed by atoms with van der Waals surface area (Å²) in [6.07, 6.45) is 6.09. The number of hydrogen-bond acceptors (Lipinski definition) is 6. The summed E-state index contributed by atoms with van der Waals surface area (Å²) in [6, 6.07) is 4.28. The van der Waals surface area contributed by atoms with Gasteiger partial charge in [-0.3, -0.25) is 4.90 Å². The summed E-state index contributed by atoms with van der Waals surface area (Å²) in [4.78, 5) is 9.46. The van der Waals surface area contributed by atoms with Crippen molar-refractivity contribution < 1.29 is 9.26 Å². The molecule has 0 radical (unpaired) electrons. The van der Waals surface area contributed by atoms with Gasteiger partial charge >= 0.3 is 0 Å². The fourth-order valence-corrected chi connectivity index (χ4v) is 3.83. The third kappa shape index (κ3) is 4.86. The summed E-state index contributed by atoms with van der Waals surface area (Å²) >= 11 is 1.76. The van der Waals surface area contributed by atoms with E-state index in [4.69, 9.17) is 9.26 Å². The van der Waals surface area contributed by atoms with Crippen LogP contribution in [0.15, 0.2) is 16.7 Å². The molecule has 0 atom stereocenters. The van der Waals surface area contributed by atoms with Gasteiger partial charge in [-0.15, -0.1) is 11.3 Å². The van der Waals surface area contributed by atoms with Crippen LogP contribution in [0, 0.1) is 0 Å². The van der Waals surface area contributed by atoms with Crippen molar-refractivity contribution in [2.75, 3.05) is 26.3 Å². The molecule has 1 aliphatic heterocycles. The highest BCUT2D eigenvalue weighted by molar-refractivity contribution is 7.15. The second kappa shape index (κ2) is 8.57. The maximum absolute atomic E-state index is 5.38. The normalized spacial score (nSPS) is 16.6. The van der Waals surface area contributed by atoms with E-state index in [0.29, 0.717) is 18.9 Å². The molecule has 2 aromatic rings. The topological polar surface area (TPSA) is 51.4 Å². The SMILES string of the molecule is CCOCCc1noc(-c2ccc(CN3CCCCCC3)s2)n1. The van der Waals surface area contributed by atoms with E-state index in [1.807, 2.05) is 6.92 Å². The molecule has 0 N–H and O–H groups in total. The molecule has 1 saturated heterocycles. The van der Waals surface area contributed by atoms with E-state index in [1.165, 1.54) is 43.6 Å². The smallest absolute Gasteiger partial charge is 0.267 e. The van der Waals surface area contributed by atoms with Gasteiger partial charge in [0.05, 0.1) is 11.5 Å². The van der Waals surface area contributed by atoms with E-state index >= 15 is 0 Å². The molecule has 0 saturated carbocycles. The first-order chi connectivity index (χ1) is 11.3. The molecule has 5 nitrogen and oxygen atoms in total. The summed E-state index contributed by atoms with van der Waals surface area (Å²) in [5, 5.41) is 4.03. The Balaban J connectivity index is 1.58. The van der Waals surface area contributed by atoms with Gasteiger partial charge in [-0.05, 0) is 45.0 Å². The van der Waals surface area contributed by atoms with Crippen LogP contribution in [0.5, 0.6) is 0 Å². The molecule has 1 aliphatic rings. The molecule has 0 unspecified atom stereocenters. The van der Waals surface area contributed by atoms with Gasteiger partial charge < -0.3 is 9.26 Å². The van der Waals surface area contributed by atoms with E-state index in [-0.39, 0.29) is 0 Å². The third-order valence-corrected chi connectivity index (χ3v) is 5.15. The molecule has 6 heteroatoms. The van der Waals surface area contributed by atoms with Crippen LogP contribution in [-0.2, 0) is 17.7 Å². The van der Waals surface area contributed by atoms with E-state index in [0.717, 1.165) is 23.9 Å². The number of aromatic nitrogens is 2. The summed E-state index contributed by atoms with van der Waals surface area (Å²) in [6.45, 7) is 6.81. The van der Waals surface area contributed by atoms with Crippen LogP contribution in [0.25, 0.3) is 10.8 Å². The fourth-order valence-electron chi connectivity index (χ4n) is 2.86. The highest BCUT2D eigenvalue weighted by atomic mass is 32.1. The van der Waals surface area contributed by atoms with Gasteiger partial charge in [0.25, 0.3) is 5.89 Å². The number of ether oxygens (including phenoxy) is 1. The van der Waals surface area contributed by atoms with Crippen molar-refractivity contribution in [1.29, 1.82) is 0 Å². The fraction of sp³-hybridized carbons (Fsp3) is 0.647. The minimum Gasteiger partial charge on any atom is -0.381 e. The third-order valence-electron chi connectivity index (χ3n) is 4.09. The van der Waals surface area contributed by atoms with Crippen molar-refractivity contribution in [3.8, 4) is 10.8 Å². The van der Waals surface area contributed by atoms with Crippen LogP contribution < -0.4 is 0 Å². The van der Waals surface area contributed by atoms with Crippen molar-refractivity contribution in [1.82, 2.24) is 15.0 Å². The van der Waals surface area contributed by atoms with E-state index in [1.54, 1.807) is 11.3 Å². The number of hydrogen-bond donors (Lipinski definition) is 0. The number of nitrogens with zero attached hydrogens (tertiary/aromatic N) is 3. The quantitative estimate of drug-likeness (QED) is 0.721.